The number of esters is 1. The number of ether oxygens (including phenoxy) is 1. The lowest BCUT2D eigenvalue weighted by Crippen LogP contribution is -2.35. The maximum absolute atomic E-state index is 11.5. The zero-order valence-corrected chi connectivity index (χ0v) is 15.4. The van der Waals surface area contributed by atoms with E-state index in [-0.39, 0.29) is 13.2 Å². The molecule has 1 unspecified atom stereocenters. The van der Waals surface area contributed by atoms with Crippen molar-refractivity contribution in [1.82, 2.24) is 0 Å². The number of phosphoric ester groups is 1. The topological polar surface area (TPSA) is 84.9 Å². The molecule has 0 N–H and O–H groups in total. The first-order chi connectivity index (χ1) is 10.7. The summed E-state index contributed by atoms with van der Waals surface area (Å²) in [6.45, 7) is 4.77. The van der Waals surface area contributed by atoms with Gasteiger partial charge in [0.1, 0.15) is 0 Å². The van der Waals surface area contributed by atoms with Crippen LogP contribution in [0.15, 0.2) is 12.7 Å². The summed E-state index contributed by atoms with van der Waals surface area (Å²) in [4.78, 5) is 22.3. The van der Waals surface area contributed by atoms with Crippen molar-refractivity contribution in [3.63, 3.8) is 0 Å². The second-order valence-electron chi connectivity index (χ2n) is 6.27. The minimum atomic E-state index is -4.20. The second kappa shape index (κ2) is 11.8. The van der Waals surface area contributed by atoms with E-state index >= 15 is 0 Å². The summed E-state index contributed by atoms with van der Waals surface area (Å²) >= 11 is 0. The molecule has 0 amide bonds. The molecule has 0 saturated heterocycles. The van der Waals surface area contributed by atoms with Crippen molar-refractivity contribution >= 4 is 13.8 Å². The fraction of sp³-hybridized carbons (Fsp3) is 0.800. The van der Waals surface area contributed by atoms with Crippen molar-refractivity contribution in [2.24, 2.45) is 0 Å². The molecule has 0 spiro atoms. The first-order valence-electron chi connectivity index (χ1n) is 7.86. The highest BCUT2D eigenvalue weighted by molar-refractivity contribution is 7.45. The van der Waals surface area contributed by atoms with Gasteiger partial charge >= 0.3 is 5.97 Å². The van der Waals surface area contributed by atoms with Crippen LogP contribution in [0, 0.1) is 0 Å². The second-order valence-corrected chi connectivity index (χ2v) is 7.68. The monoisotopic (exact) mass is 351 g/mol. The highest BCUT2D eigenvalue weighted by Crippen LogP contribution is 2.38. The maximum atomic E-state index is 11.5. The largest absolute Gasteiger partial charge is 0.756 e. The van der Waals surface area contributed by atoms with Crippen molar-refractivity contribution in [1.29, 1.82) is 0 Å². The molecule has 0 radical (unpaired) electrons. The molecule has 0 aliphatic heterocycles. The van der Waals surface area contributed by atoms with Crippen LogP contribution in [0.3, 0.4) is 0 Å². The molecule has 7 nitrogen and oxygen atoms in total. The molecule has 0 saturated carbocycles. The molecular weight excluding hydrogens is 321 g/mol. The molecule has 1 atom stereocenters. The van der Waals surface area contributed by atoms with Crippen molar-refractivity contribution < 1.29 is 32.5 Å². The predicted molar refractivity (Wildman–Crippen MR) is 86.7 cm³/mol. The molecule has 0 aromatic rings. The van der Waals surface area contributed by atoms with Gasteiger partial charge in [-0.15, -0.1) is 0 Å². The van der Waals surface area contributed by atoms with Crippen LogP contribution in [0.5, 0.6) is 0 Å². The number of nitrogens with zero attached hydrogens (tertiary/aromatic N) is 1. The lowest BCUT2D eigenvalue weighted by Gasteiger charge is -2.25. The first-order valence-corrected chi connectivity index (χ1v) is 9.32. The summed E-state index contributed by atoms with van der Waals surface area (Å²) in [5.41, 5.74) is 0. The van der Waals surface area contributed by atoms with E-state index in [4.69, 9.17) is 13.8 Å². The molecule has 0 aromatic heterocycles. The number of carbonyl (C=O) groups is 1. The van der Waals surface area contributed by atoms with Gasteiger partial charge in [-0.25, -0.2) is 4.79 Å². The van der Waals surface area contributed by atoms with Gasteiger partial charge in [-0.1, -0.05) is 6.58 Å². The number of carbonyl (C=O) groups excluding carboxylic acids is 1. The Hall–Kier alpha value is -0.720. The summed E-state index contributed by atoms with van der Waals surface area (Å²) in [5, 5.41) is 0. The molecule has 0 bridgehead atoms. The number of unbranched alkanes of at least 4 members (excludes halogenated alkanes) is 3. The predicted octanol–water partition coefficient (Wildman–Crippen LogP) is 1.87. The van der Waals surface area contributed by atoms with Crippen LogP contribution < -0.4 is 4.89 Å². The highest BCUT2D eigenvalue weighted by atomic mass is 31.2. The lowest BCUT2D eigenvalue weighted by atomic mass is 10.2. The minimum Gasteiger partial charge on any atom is -0.756 e. The molecule has 0 heterocycles. The van der Waals surface area contributed by atoms with Gasteiger partial charge in [-0.05, 0) is 32.1 Å². The molecule has 0 fully saturated rings. The Morgan fingerprint density at radius 2 is 1.57 bits per heavy atom. The molecule has 23 heavy (non-hydrogen) atoms. The highest BCUT2D eigenvalue weighted by Gasteiger charge is 2.10. The zero-order chi connectivity index (χ0) is 17.8. The van der Waals surface area contributed by atoms with Crippen LogP contribution in [0.4, 0.5) is 0 Å². The van der Waals surface area contributed by atoms with Gasteiger partial charge in [0, 0.05) is 6.08 Å². The third-order valence-electron chi connectivity index (χ3n) is 2.92. The van der Waals surface area contributed by atoms with E-state index in [0.717, 1.165) is 23.5 Å². The van der Waals surface area contributed by atoms with Gasteiger partial charge < -0.3 is 23.2 Å². The third-order valence-corrected chi connectivity index (χ3v) is 3.92. The summed E-state index contributed by atoms with van der Waals surface area (Å²) in [7, 11) is 2.05. The van der Waals surface area contributed by atoms with Gasteiger partial charge in [-0.3, -0.25) is 4.57 Å². The molecule has 0 aromatic carbocycles. The lowest BCUT2D eigenvalue weighted by molar-refractivity contribution is -0.870. The molecule has 0 aliphatic carbocycles. The summed E-state index contributed by atoms with van der Waals surface area (Å²) in [6, 6.07) is 0. The van der Waals surface area contributed by atoms with Crippen molar-refractivity contribution in [3.05, 3.63) is 12.7 Å². The summed E-state index contributed by atoms with van der Waals surface area (Å²) < 4.78 is 26.7. The average molecular weight is 351 g/mol. The van der Waals surface area contributed by atoms with Gasteiger partial charge in [0.15, 0.2) is 0 Å². The average Bonchev–Trinajstić information content (AvgIpc) is 2.44. The van der Waals surface area contributed by atoms with Crippen LogP contribution >= 0.6 is 7.82 Å². The molecule has 0 rings (SSSR count). The number of rotatable bonds is 14. The Balaban J connectivity index is 3.55. The van der Waals surface area contributed by atoms with Crippen LogP contribution in [-0.2, 0) is 23.1 Å². The van der Waals surface area contributed by atoms with E-state index < -0.39 is 13.8 Å². The Bertz CT molecular complexity index is 394. The smallest absolute Gasteiger partial charge is 0.330 e. The van der Waals surface area contributed by atoms with E-state index in [9.17, 15) is 14.3 Å². The normalized spacial score (nSPS) is 14.3. The fourth-order valence-electron chi connectivity index (χ4n) is 1.69. The van der Waals surface area contributed by atoms with Gasteiger partial charge in [0.2, 0.25) is 0 Å². The van der Waals surface area contributed by atoms with Crippen LogP contribution in [0.1, 0.15) is 32.1 Å². The van der Waals surface area contributed by atoms with Crippen molar-refractivity contribution in [2.45, 2.75) is 32.1 Å². The van der Waals surface area contributed by atoms with Crippen LogP contribution in [0.2, 0.25) is 0 Å². The molecule has 0 aliphatic rings. The molecule has 8 heteroatoms. The Kier molecular flexibility index (Phi) is 11.4. The van der Waals surface area contributed by atoms with Gasteiger partial charge in [-0.2, -0.15) is 0 Å². The van der Waals surface area contributed by atoms with E-state index in [1.807, 2.05) is 0 Å². The SMILES string of the molecule is C=CC(=O)OCCCCCOP(=O)([O-])OCCCC[N+](C)(C)C. The van der Waals surface area contributed by atoms with Gasteiger partial charge in [0.05, 0.1) is 47.5 Å². The minimum absolute atomic E-state index is 0.0784. The standard InChI is InChI=1S/C15H30NO6P/c1-5-15(17)20-12-8-6-9-13-21-23(18,19)22-14-10-7-11-16(2,3)4/h5H,1,6-14H2,2-4H3. The Labute approximate surface area is 139 Å². The third kappa shape index (κ3) is 15.9. The van der Waals surface area contributed by atoms with E-state index in [1.165, 1.54) is 0 Å². The summed E-state index contributed by atoms with van der Waals surface area (Å²) in [6.07, 6.45) is 4.59. The van der Waals surface area contributed by atoms with E-state index in [0.29, 0.717) is 32.3 Å². The van der Waals surface area contributed by atoms with Crippen molar-refractivity contribution in [3.8, 4) is 0 Å². The number of phosphoric acid groups is 1. The summed E-state index contributed by atoms with van der Waals surface area (Å²) in [5.74, 6) is -0.455. The van der Waals surface area contributed by atoms with Crippen molar-refractivity contribution in [2.75, 3.05) is 47.5 Å². The van der Waals surface area contributed by atoms with E-state index in [1.54, 1.807) is 0 Å². The number of hydrogen-bond acceptors (Lipinski definition) is 6. The Morgan fingerprint density at radius 3 is 2.09 bits per heavy atom. The maximum Gasteiger partial charge on any atom is 0.330 e. The molecular formula is C15H30NO6P. The molecule has 136 valence electrons. The number of hydrogen-bond donors (Lipinski definition) is 0. The van der Waals surface area contributed by atoms with Crippen LogP contribution in [0.25, 0.3) is 0 Å². The number of quaternary nitrogens is 1. The van der Waals surface area contributed by atoms with Crippen LogP contribution in [-0.4, -0.2) is 58.0 Å². The van der Waals surface area contributed by atoms with E-state index in [2.05, 4.69) is 27.7 Å². The Morgan fingerprint density at radius 1 is 1.04 bits per heavy atom. The first kappa shape index (κ1) is 22.3. The van der Waals surface area contributed by atoms with Gasteiger partial charge in [0.25, 0.3) is 7.82 Å². The quantitative estimate of drug-likeness (QED) is 0.156. The fourth-order valence-corrected chi connectivity index (χ4v) is 2.47. The zero-order valence-electron chi connectivity index (χ0n) is 14.5.